The fraction of sp³-hybridized carbons (Fsp3) is 0.429. The van der Waals surface area contributed by atoms with Crippen LogP contribution in [0.4, 0.5) is 0 Å². The molecule has 1 aromatic rings. The van der Waals surface area contributed by atoms with E-state index in [1.807, 2.05) is 18.2 Å². The van der Waals surface area contributed by atoms with Crippen molar-refractivity contribution in [2.75, 3.05) is 27.9 Å². The molecule has 0 heterocycles. The Bertz CT molecular complexity index is 383. The van der Waals surface area contributed by atoms with Crippen molar-refractivity contribution in [2.45, 2.75) is 12.8 Å². The van der Waals surface area contributed by atoms with E-state index in [1.54, 1.807) is 0 Å². The minimum absolute atomic E-state index is 0.535. The summed E-state index contributed by atoms with van der Waals surface area (Å²) in [5.41, 5.74) is 2.43. The van der Waals surface area contributed by atoms with Crippen LogP contribution in [0.3, 0.4) is 0 Å². The Kier molecular flexibility index (Phi) is 6.97. The van der Waals surface area contributed by atoms with Gasteiger partial charge < -0.3 is 17.7 Å². The van der Waals surface area contributed by atoms with Crippen LogP contribution in [0.1, 0.15) is 17.5 Å². The third kappa shape index (κ3) is 4.56. The van der Waals surface area contributed by atoms with Gasteiger partial charge in [0.25, 0.3) is 0 Å². The van der Waals surface area contributed by atoms with Gasteiger partial charge in [-0.15, -0.1) is 0 Å². The normalized spacial score (nSPS) is 11.5. The van der Waals surface area contributed by atoms with Gasteiger partial charge in [-0.1, -0.05) is 36.9 Å². The van der Waals surface area contributed by atoms with Gasteiger partial charge in [-0.2, -0.15) is 0 Å². The highest BCUT2D eigenvalue weighted by atomic mass is 28.4. The Labute approximate surface area is 116 Å². The Hall–Kier alpha value is -0.983. The van der Waals surface area contributed by atoms with Crippen molar-refractivity contribution in [2.24, 2.45) is 0 Å². The second kappa shape index (κ2) is 8.24. The molecule has 5 heteroatoms. The maximum atomic E-state index is 5.62. The molecule has 0 N–H and O–H groups in total. The van der Waals surface area contributed by atoms with Gasteiger partial charge in [-0.3, -0.25) is 0 Å². The number of rotatable bonds is 9. The fourth-order valence-corrected chi connectivity index (χ4v) is 3.10. The minimum Gasteiger partial charge on any atom is -0.355 e. The third-order valence-electron chi connectivity index (χ3n) is 2.89. The molecule has 0 bridgehead atoms. The third-order valence-corrected chi connectivity index (χ3v) is 4.95. The van der Waals surface area contributed by atoms with Crippen LogP contribution in [0, 0.1) is 0 Å². The number of benzene rings is 1. The second-order valence-electron chi connectivity index (χ2n) is 3.97. The van der Waals surface area contributed by atoms with Crippen LogP contribution < -0.4 is 0 Å². The first-order chi connectivity index (χ1) is 9.21. The standard InChI is InChI=1S/C14H22O4Si/c1-5-13-9-6-7-10-14(13)11-8-12-18-19(15-2,16-3)17-4/h5-7,9-10H,1,8,11-12H2,2-4H3. The molecule has 0 unspecified atom stereocenters. The molecule has 0 spiro atoms. The molecular formula is C14H22O4Si. The SMILES string of the molecule is C=Cc1ccccc1CCCO[Si](OC)(OC)OC. The monoisotopic (exact) mass is 282 g/mol. The lowest BCUT2D eigenvalue weighted by atomic mass is 10.0. The summed E-state index contributed by atoms with van der Waals surface area (Å²) in [7, 11) is 1.70. The van der Waals surface area contributed by atoms with Crippen LogP contribution in [-0.4, -0.2) is 37.0 Å². The molecule has 0 saturated carbocycles. The van der Waals surface area contributed by atoms with Crippen molar-refractivity contribution in [3.8, 4) is 0 Å². The first-order valence-corrected chi connectivity index (χ1v) is 7.84. The highest BCUT2D eigenvalue weighted by Crippen LogP contribution is 2.14. The number of aryl methyl sites for hydroxylation is 1. The lowest BCUT2D eigenvalue weighted by molar-refractivity contribution is 0.00544. The van der Waals surface area contributed by atoms with Crippen LogP contribution >= 0.6 is 0 Å². The molecule has 0 aliphatic rings. The summed E-state index contributed by atoms with van der Waals surface area (Å²) < 4.78 is 21.2. The molecular weight excluding hydrogens is 260 g/mol. The summed E-state index contributed by atoms with van der Waals surface area (Å²) in [6, 6.07) is 8.20. The van der Waals surface area contributed by atoms with Crippen molar-refractivity contribution in [1.29, 1.82) is 0 Å². The van der Waals surface area contributed by atoms with Crippen LogP contribution in [0.25, 0.3) is 6.08 Å². The fourth-order valence-electron chi connectivity index (χ4n) is 1.85. The molecule has 0 aliphatic heterocycles. The van der Waals surface area contributed by atoms with Crippen LogP contribution in [-0.2, 0) is 24.1 Å². The molecule has 0 radical (unpaired) electrons. The predicted octanol–water partition coefficient (Wildman–Crippen LogP) is 2.65. The summed E-state index contributed by atoms with van der Waals surface area (Å²) in [4.78, 5) is 0. The van der Waals surface area contributed by atoms with Crippen LogP contribution in [0.5, 0.6) is 0 Å². The van der Waals surface area contributed by atoms with Crippen molar-refractivity contribution in [3.05, 3.63) is 42.0 Å². The van der Waals surface area contributed by atoms with E-state index in [-0.39, 0.29) is 0 Å². The summed E-state index contributed by atoms with van der Waals surface area (Å²) >= 11 is 0. The van der Waals surface area contributed by atoms with Gasteiger partial charge in [-0.25, -0.2) is 0 Å². The summed E-state index contributed by atoms with van der Waals surface area (Å²) in [5.74, 6) is 0. The molecule has 0 aromatic heterocycles. The van der Waals surface area contributed by atoms with E-state index in [4.69, 9.17) is 17.7 Å². The minimum atomic E-state index is -2.90. The zero-order chi connectivity index (χ0) is 14.1. The van der Waals surface area contributed by atoms with E-state index in [9.17, 15) is 0 Å². The average Bonchev–Trinajstić information content (AvgIpc) is 2.48. The van der Waals surface area contributed by atoms with Crippen LogP contribution in [0.2, 0.25) is 0 Å². The van der Waals surface area contributed by atoms with Gasteiger partial charge >= 0.3 is 9.05 Å². The van der Waals surface area contributed by atoms with Crippen LogP contribution in [0.15, 0.2) is 30.8 Å². The first kappa shape index (κ1) is 16.1. The predicted molar refractivity (Wildman–Crippen MR) is 77.6 cm³/mol. The van der Waals surface area contributed by atoms with E-state index >= 15 is 0 Å². The summed E-state index contributed by atoms with van der Waals surface area (Å²) in [6.07, 6.45) is 3.66. The summed E-state index contributed by atoms with van der Waals surface area (Å²) in [6.45, 7) is 4.35. The summed E-state index contributed by atoms with van der Waals surface area (Å²) in [5, 5.41) is 0. The molecule has 0 saturated heterocycles. The van der Waals surface area contributed by atoms with Gasteiger partial charge in [0.05, 0.1) is 0 Å². The lowest BCUT2D eigenvalue weighted by Gasteiger charge is -2.22. The molecule has 0 aliphatic carbocycles. The van der Waals surface area contributed by atoms with Crippen molar-refractivity contribution >= 4 is 15.1 Å². The average molecular weight is 282 g/mol. The lowest BCUT2D eigenvalue weighted by Crippen LogP contribution is -2.46. The van der Waals surface area contributed by atoms with E-state index < -0.39 is 9.05 Å². The molecule has 0 amide bonds. The van der Waals surface area contributed by atoms with E-state index in [0.29, 0.717) is 6.61 Å². The van der Waals surface area contributed by atoms with Gasteiger partial charge in [0, 0.05) is 27.9 Å². The maximum absolute atomic E-state index is 5.62. The molecule has 19 heavy (non-hydrogen) atoms. The molecule has 0 fully saturated rings. The Morgan fingerprint density at radius 2 is 1.74 bits per heavy atom. The molecule has 4 nitrogen and oxygen atoms in total. The van der Waals surface area contributed by atoms with E-state index in [1.165, 1.54) is 26.9 Å². The molecule has 0 atom stereocenters. The van der Waals surface area contributed by atoms with Gasteiger partial charge in [0.15, 0.2) is 0 Å². The van der Waals surface area contributed by atoms with Crippen molar-refractivity contribution in [3.63, 3.8) is 0 Å². The van der Waals surface area contributed by atoms with Crippen molar-refractivity contribution in [1.82, 2.24) is 0 Å². The molecule has 1 rings (SSSR count). The topological polar surface area (TPSA) is 36.9 Å². The number of hydrogen-bond acceptors (Lipinski definition) is 4. The maximum Gasteiger partial charge on any atom is 0.678 e. The Morgan fingerprint density at radius 1 is 1.11 bits per heavy atom. The van der Waals surface area contributed by atoms with Gasteiger partial charge in [0.1, 0.15) is 0 Å². The largest absolute Gasteiger partial charge is 0.678 e. The van der Waals surface area contributed by atoms with E-state index in [2.05, 4.69) is 18.7 Å². The Balaban J connectivity index is 2.44. The second-order valence-corrected chi connectivity index (χ2v) is 6.48. The molecule has 1 aromatic carbocycles. The van der Waals surface area contributed by atoms with Gasteiger partial charge in [-0.05, 0) is 24.0 Å². The molecule has 106 valence electrons. The van der Waals surface area contributed by atoms with Gasteiger partial charge in [0.2, 0.25) is 0 Å². The zero-order valence-electron chi connectivity index (χ0n) is 11.8. The highest BCUT2D eigenvalue weighted by molar-refractivity contribution is 6.53. The quantitative estimate of drug-likeness (QED) is 0.515. The first-order valence-electron chi connectivity index (χ1n) is 6.21. The Morgan fingerprint density at radius 3 is 2.32 bits per heavy atom. The van der Waals surface area contributed by atoms with Crippen molar-refractivity contribution < 1.29 is 17.7 Å². The smallest absolute Gasteiger partial charge is 0.355 e. The number of hydrogen-bond donors (Lipinski definition) is 0. The highest BCUT2D eigenvalue weighted by Gasteiger charge is 2.41. The zero-order valence-corrected chi connectivity index (χ0v) is 12.8. The van der Waals surface area contributed by atoms with E-state index in [0.717, 1.165) is 18.4 Å².